The van der Waals surface area contributed by atoms with E-state index in [1.54, 1.807) is 11.8 Å². The monoisotopic (exact) mass is 358 g/mol. The average molecular weight is 359 g/mol. The molecule has 0 radical (unpaired) electrons. The lowest BCUT2D eigenvalue weighted by Crippen LogP contribution is -2.06. The van der Waals surface area contributed by atoms with Crippen molar-refractivity contribution in [3.8, 4) is 11.8 Å². The fourth-order valence-corrected chi connectivity index (χ4v) is 2.99. The van der Waals surface area contributed by atoms with Crippen LogP contribution in [0.5, 0.6) is 0 Å². The summed E-state index contributed by atoms with van der Waals surface area (Å²) in [5.74, 6) is 6.58. The number of carbonyl (C=O) groups is 1. The van der Waals surface area contributed by atoms with Crippen molar-refractivity contribution in [2.24, 2.45) is 5.41 Å². The quantitative estimate of drug-likeness (QED) is 0.239. The second-order valence-electron chi connectivity index (χ2n) is 6.44. The van der Waals surface area contributed by atoms with E-state index in [0.717, 1.165) is 21.8 Å². The van der Waals surface area contributed by atoms with Gasteiger partial charge < -0.3 is 9.47 Å². The number of aryl methyl sites for hydroxylation is 1. The zero-order chi connectivity index (χ0) is 18.9. The molecule has 0 spiro atoms. The van der Waals surface area contributed by atoms with Crippen molar-refractivity contribution in [1.82, 2.24) is 0 Å². The lowest BCUT2D eigenvalue weighted by atomic mass is 9.98. The van der Waals surface area contributed by atoms with Gasteiger partial charge in [-0.15, -0.1) is 11.8 Å². The number of benzene rings is 1. The summed E-state index contributed by atoms with van der Waals surface area (Å²) in [5.41, 5.74) is 2.32. The maximum atomic E-state index is 12.1. The Bertz CT molecular complexity index is 713. The SMILES string of the molecule is CO/C=C(/C(=O)OC)c1cccc(C)c1SC/C=C/C#CC(C)(C)C. The van der Waals surface area contributed by atoms with Gasteiger partial charge in [0.1, 0.15) is 5.57 Å². The van der Waals surface area contributed by atoms with E-state index >= 15 is 0 Å². The molecule has 4 heteroatoms. The molecule has 0 saturated heterocycles. The van der Waals surface area contributed by atoms with E-state index in [2.05, 4.69) is 32.6 Å². The Morgan fingerprint density at radius 3 is 2.60 bits per heavy atom. The summed E-state index contributed by atoms with van der Waals surface area (Å²) in [5, 5.41) is 0. The molecule has 0 heterocycles. The van der Waals surface area contributed by atoms with Crippen LogP contribution in [0.4, 0.5) is 0 Å². The van der Waals surface area contributed by atoms with Gasteiger partial charge in [-0.1, -0.05) is 36.1 Å². The smallest absolute Gasteiger partial charge is 0.341 e. The van der Waals surface area contributed by atoms with Gasteiger partial charge in [0.25, 0.3) is 0 Å². The predicted molar refractivity (Wildman–Crippen MR) is 105 cm³/mol. The van der Waals surface area contributed by atoms with Crippen molar-refractivity contribution in [3.05, 3.63) is 47.7 Å². The molecule has 0 atom stereocenters. The normalized spacial score (nSPS) is 11.8. The first kappa shape index (κ1) is 20.9. The zero-order valence-corrected chi connectivity index (χ0v) is 16.6. The molecule has 0 aromatic heterocycles. The van der Waals surface area contributed by atoms with Crippen molar-refractivity contribution in [3.63, 3.8) is 0 Å². The fraction of sp³-hybridized carbons (Fsp3) is 0.381. The molecule has 0 aliphatic carbocycles. The van der Waals surface area contributed by atoms with Gasteiger partial charge in [-0.05, 0) is 39.3 Å². The van der Waals surface area contributed by atoms with Crippen molar-refractivity contribution in [1.29, 1.82) is 0 Å². The van der Waals surface area contributed by atoms with Crippen LogP contribution in [-0.2, 0) is 14.3 Å². The zero-order valence-electron chi connectivity index (χ0n) is 15.8. The summed E-state index contributed by atoms with van der Waals surface area (Å²) in [7, 11) is 2.88. The van der Waals surface area contributed by atoms with Gasteiger partial charge in [-0.2, -0.15) is 0 Å². The number of hydrogen-bond acceptors (Lipinski definition) is 4. The van der Waals surface area contributed by atoms with Crippen molar-refractivity contribution < 1.29 is 14.3 Å². The van der Waals surface area contributed by atoms with Gasteiger partial charge in [-0.25, -0.2) is 4.79 Å². The Morgan fingerprint density at radius 2 is 2.00 bits per heavy atom. The predicted octanol–water partition coefficient (Wildman–Crippen LogP) is 4.85. The van der Waals surface area contributed by atoms with E-state index in [1.807, 2.05) is 37.3 Å². The maximum Gasteiger partial charge on any atom is 0.341 e. The number of carbonyl (C=O) groups excluding carboxylic acids is 1. The van der Waals surface area contributed by atoms with E-state index in [1.165, 1.54) is 20.5 Å². The molecule has 3 nitrogen and oxygen atoms in total. The summed E-state index contributed by atoms with van der Waals surface area (Å²) in [6, 6.07) is 5.85. The number of ether oxygens (including phenoxy) is 2. The van der Waals surface area contributed by atoms with Crippen LogP contribution in [0, 0.1) is 24.2 Å². The van der Waals surface area contributed by atoms with E-state index < -0.39 is 5.97 Å². The molecule has 0 aliphatic heterocycles. The molecule has 1 rings (SSSR count). The van der Waals surface area contributed by atoms with E-state index in [9.17, 15) is 4.79 Å². The molecule has 25 heavy (non-hydrogen) atoms. The number of rotatable bonds is 6. The molecule has 1 aromatic rings. The van der Waals surface area contributed by atoms with Crippen LogP contribution in [0.25, 0.3) is 5.57 Å². The van der Waals surface area contributed by atoms with Gasteiger partial charge >= 0.3 is 5.97 Å². The summed E-state index contributed by atoms with van der Waals surface area (Å²) in [6.07, 6.45) is 5.33. The van der Waals surface area contributed by atoms with Crippen molar-refractivity contribution in [2.45, 2.75) is 32.6 Å². The third-order valence-electron chi connectivity index (χ3n) is 3.12. The highest BCUT2D eigenvalue weighted by atomic mass is 32.2. The minimum Gasteiger partial charge on any atom is -0.503 e. The minimum atomic E-state index is -0.416. The topological polar surface area (TPSA) is 35.5 Å². The molecule has 0 N–H and O–H groups in total. The Labute approximate surface area is 155 Å². The summed E-state index contributed by atoms with van der Waals surface area (Å²) >= 11 is 1.65. The lowest BCUT2D eigenvalue weighted by molar-refractivity contribution is -0.133. The van der Waals surface area contributed by atoms with Crippen LogP contribution < -0.4 is 0 Å². The van der Waals surface area contributed by atoms with Gasteiger partial charge in [0.2, 0.25) is 0 Å². The number of esters is 1. The number of hydrogen-bond donors (Lipinski definition) is 0. The van der Waals surface area contributed by atoms with Crippen molar-refractivity contribution in [2.75, 3.05) is 20.0 Å². The van der Waals surface area contributed by atoms with Gasteiger partial charge in [0.05, 0.1) is 20.5 Å². The van der Waals surface area contributed by atoms with E-state index in [-0.39, 0.29) is 5.41 Å². The van der Waals surface area contributed by atoms with E-state index in [4.69, 9.17) is 9.47 Å². The molecule has 1 aromatic carbocycles. The third-order valence-corrected chi connectivity index (χ3v) is 4.31. The Balaban J connectivity index is 3.00. The Hall–Kier alpha value is -2.12. The van der Waals surface area contributed by atoms with Crippen LogP contribution in [0.2, 0.25) is 0 Å². The molecule has 0 fully saturated rings. The molecule has 0 unspecified atom stereocenters. The molecule has 0 aliphatic rings. The highest BCUT2D eigenvalue weighted by Crippen LogP contribution is 2.32. The highest BCUT2D eigenvalue weighted by Gasteiger charge is 2.18. The van der Waals surface area contributed by atoms with Crippen molar-refractivity contribution >= 4 is 23.3 Å². The summed E-state index contributed by atoms with van der Waals surface area (Å²) in [6.45, 7) is 8.27. The largest absolute Gasteiger partial charge is 0.503 e. The van der Waals surface area contributed by atoms with Crippen LogP contribution >= 0.6 is 11.8 Å². The first-order valence-electron chi connectivity index (χ1n) is 8.02. The molecule has 0 bridgehead atoms. The molecule has 0 amide bonds. The minimum absolute atomic E-state index is 0.00103. The second kappa shape index (κ2) is 10.0. The second-order valence-corrected chi connectivity index (χ2v) is 7.47. The first-order chi connectivity index (χ1) is 11.8. The van der Waals surface area contributed by atoms with Crippen LogP contribution in [0.1, 0.15) is 31.9 Å². The molecular weight excluding hydrogens is 332 g/mol. The van der Waals surface area contributed by atoms with Crippen LogP contribution in [-0.4, -0.2) is 25.9 Å². The Kier molecular flexibility index (Phi) is 8.37. The average Bonchev–Trinajstić information content (AvgIpc) is 2.55. The number of thioether (sulfide) groups is 1. The van der Waals surface area contributed by atoms with Gasteiger partial charge in [0.15, 0.2) is 0 Å². The highest BCUT2D eigenvalue weighted by molar-refractivity contribution is 7.99. The van der Waals surface area contributed by atoms with Crippen LogP contribution in [0.15, 0.2) is 41.5 Å². The summed E-state index contributed by atoms with van der Waals surface area (Å²) in [4.78, 5) is 13.1. The first-order valence-corrected chi connectivity index (χ1v) is 9.00. The Morgan fingerprint density at radius 1 is 1.28 bits per heavy atom. The lowest BCUT2D eigenvalue weighted by Gasteiger charge is -2.13. The third kappa shape index (κ3) is 7.11. The number of methoxy groups -OCH3 is 2. The maximum absolute atomic E-state index is 12.1. The van der Waals surface area contributed by atoms with Crippen LogP contribution in [0.3, 0.4) is 0 Å². The molecule has 0 saturated carbocycles. The summed E-state index contributed by atoms with van der Waals surface area (Å²) < 4.78 is 9.94. The molecular formula is C21H26O3S. The van der Waals surface area contributed by atoms with Gasteiger partial charge in [-0.3, -0.25) is 0 Å². The van der Waals surface area contributed by atoms with Gasteiger partial charge in [0, 0.05) is 21.6 Å². The number of allylic oxidation sites excluding steroid dienone is 1. The molecule has 134 valence electrons. The van der Waals surface area contributed by atoms with E-state index in [0.29, 0.717) is 5.57 Å². The fourth-order valence-electron chi connectivity index (χ4n) is 2.00. The standard InChI is InChI=1S/C21H26O3S/c1-16-11-10-12-17(18(15-23-5)20(22)24-6)19(16)25-14-9-7-8-13-21(2,3)4/h7,9-12,15H,14H2,1-6H3/b9-7+,18-15+.